The Morgan fingerprint density at radius 1 is 1.04 bits per heavy atom. The zero-order valence-electron chi connectivity index (χ0n) is 14.9. The van der Waals surface area contributed by atoms with Crippen molar-refractivity contribution in [3.8, 4) is 0 Å². The van der Waals surface area contributed by atoms with Crippen molar-refractivity contribution in [2.45, 2.75) is 31.7 Å². The van der Waals surface area contributed by atoms with Gasteiger partial charge in [-0.1, -0.05) is 30.3 Å². The van der Waals surface area contributed by atoms with Gasteiger partial charge in [-0.25, -0.2) is 0 Å². The van der Waals surface area contributed by atoms with Gasteiger partial charge in [0, 0.05) is 30.4 Å². The summed E-state index contributed by atoms with van der Waals surface area (Å²) in [6.07, 6.45) is 3.38. The van der Waals surface area contributed by atoms with E-state index in [0.29, 0.717) is 24.2 Å². The minimum absolute atomic E-state index is 0.0534. The molecule has 2 amide bonds. The maximum atomic E-state index is 12.8. The second-order valence-electron chi connectivity index (χ2n) is 6.73. The highest BCUT2D eigenvalue weighted by Gasteiger charge is 2.27. The second kappa shape index (κ2) is 8.52. The molecule has 1 unspecified atom stereocenters. The van der Waals surface area contributed by atoms with E-state index in [1.54, 1.807) is 12.1 Å². The molecule has 2 aromatic rings. The lowest BCUT2D eigenvalue weighted by molar-refractivity contribution is -0.134. The van der Waals surface area contributed by atoms with Crippen LogP contribution in [-0.4, -0.2) is 35.8 Å². The Kier molecular flexibility index (Phi) is 5.89. The average molecular weight is 351 g/mol. The number of hydrogen-bond acceptors (Lipinski definition) is 3. The van der Waals surface area contributed by atoms with E-state index in [0.717, 1.165) is 31.4 Å². The fraction of sp³-hybridized carbons (Fsp3) is 0.333. The molecule has 0 aromatic heterocycles. The summed E-state index contributed by atoms with van der Waals surface area (Å²) < 4.78 is 0. The lowest BCUT2D eigenvalue weighted by Gasteiger charge is -2.36. The van der Waals surface area contributed by atoms with Crippen molar-refractivity contribution in [1.82, 2.24) is 10.2 Å². The summed E-state index contributed by atoms with van der Waals surface area (Å²) in [5, 5.41) is 2.98. The minimum atomic E-state index is -0.0953. The molecule has 0 radical (unpaired) electrons. The molecule has 0 aliphatic carbocycles. The molecular weight excluding hydrogens is 326 g/mol. The number of nitrogens with one attached hydrogen (secondary N) is 1. The summed E-state index contributed by atoms with van der Waals surface area (Å²) in [6.45, 7) is 1.24. The Bertz CT molecular complexity index is 744. The van der Waals surface area contributed by atoms with Crippen molar-refractivity contribution in [2.24, 2.45) is 0 Å². The maximum Gasteiger partial charge on any atom is 0.251 e. The molecule has 5 heteroatoms. The van der Waals surface area contributed by atoms with Gasteiger partial charge < -0.3 is 16.0 Å². The van der Waals surface area contributed by atoms with Crippen LogP contribution in [0.25, 0.3) is 0 Å². The lowest BCUT2D eigenvalue weighted by atomic mass is 10.0. The van der Waals surface area contributed by atoms with Crippen LogP contribution in [0.1, 0.15) is 35.2 Å². The van der Waals surface area contributed by atoms with Gasteiger partial charge >= 0.3 is 0 Å². The van der Waals surface area contributed by atoms with Gasteiger partial charge in [0.15, 0.2) is 0 Å². The summed E-state index contributed by atoms with van der Waals surface area (Å²) in [6, 6.07) is 16.6. The van der Waals surface area contributed by atoms with Crippen molar-refractivity contribution < 1.29 is 9.59 Å². The molecule has 1 heterocycles. The Hall–Kier alpha value is -2.82. The smallest absolute Gasteiger partial charge is 0.251 e. The first kappa shape index (κ1) is 18.0. The van der Waals surface area contributed by atoms with Crippen LogP contribution in [0.5, 0.6) is 0 Å². The molecule has 5 nitrogen and oxygen atoms in total. The highest BCUT2D eigenvalue weighted by molar-refractivity contribution is 5.94. The number of likely N-dealkylation sites (tertiary alicyclic amines) is 1. The van der Waals surface area contributed by atoms with Crippen molar-refractivity contribution in [2.75, 3.05) is 18.8 Å². The van der Waals surface area contributed by atoms with Crippen LogP contribution in [0.15, 0.2) is 54.6 Å². The number of anilines is 1. The maximum absolute atomic E-state index is 12.8. The number of nitrogens with zero attached hydrogens (tertiary/aromatic N) is 1. The van der Waals surface area contributed by atoms with Gasteiger partial charge in [-0.3, -0.25) is 9.59 Å². The van der Waals surface area contributed by atoms with Crippen LogP contribution in [0, 0.1) is 0 Å². The first-order valence-corrected chi connectivity index (χ1v) is 9.10. The van der Waals surface area contributed by atoms with E-state index in [-0.39, 0.29) is 17.9 Å². The van der Waals surface area contributed by atoms with Crippen LogP contribution >= 0.6 is 0 Å². The third kappa shape index (κ3) is 4.63. The Morgan fingerprint density at radius 2 is 1.77 bits per heavy atom. The van der Waals surface area contributed by atoms with Gasteiger partial charge in [0.1, 0.15) is 0 Å². The number of hydrogen-bond donors (Lipinski definition) is 2. The number of nitrogen functional groups attached to an aromatic ring is 1. The quantitative estimate of drug-likeness (QED) is 0.813. The molecular formula is C21H25N3O2. The van der Waals surface area contributed by atoms with E-state index in [1.165, 1.54) is 0 Å². The number of carbonyl (C=O) groups excluding carboxylic acids is 2. The molecule has 0 bridgehead atoms. The zero-order chi connectivity index (χ0) is 18.4. The van der Waals surface area contributed by atoms with Crippen molar-refractivity contribution in [3.63, 3.8) is 0 Å². The molecule has 26 heavy (non-hydrogen) atoms. The molecule has 0 spiro atoms. The topological polar surface area (TPSA) is 75.4 Å². The highest BCUT2D eigenvalue weighted by atomic mass is 16.2. The number of rotatable bonds is 5. The Labute approximate surface area is 154 Å². The van der Waals surface area contributed by atoms with Gasteiger partial charge in [-0.2, -0.15) is 0 Å². The zero-order valence-corrected chi connectivity index (χ0v) is 14.9. The van der Waals surface area contributed by atoms with Gasteiger partial charge in [0.2, 0.25) is 5.91 Å². The van der Waals surface area contributed by atoms with E-state index in [2.05, 4.69) is 5.32 Å². The predicted molar refractivity (Wildman–Crippen MR) is 103 cm³/mol. The third-order valence-corrected chi connectivity index (χ3v) is 4.82. The van der Waals surface area contributed by atoms with Gasteiger partial charge in [0.05, 0.1) is 6.42 Å². The van der Waals surface area contributed by atoms with E-state index in [1.807, 2.05) is 47.4 Å². The first-order chi connectivity index (χ1) is 12.6. The van der Waals surface area contributed by atoms with Crippen LogP contribution in [-0.2, 0) is 11.2 Å². The molecule has 1 fully saturated rings. The highest BCUT2D eigenvalue weighted by Crippen LogP contribution is 2.18. The number of piperidine rings is 1. The Morgan fingerprint density at radius 3 is 2.50 bits per heavy atom. The summed E-state index contributed by atoms with van der Waals surface area (Å²) in [5.74, 6) is 0.00976. The van der Waals surface area contributed by atoms with Crippen molar-refractivity contribution in [1.29, 1.82) is 0 Å². The fourth-order valence-corrected chi connectivity index (χ4v) is 3.35. The SMILES string of the molecule is Nc1ccc(CC(=O)N2CCCCC2CNC(=O)c2ccccc2)cc1. The largest absolute Gasteiger partial charge is 0.399 e. The van der Waals surface area contributed by atoms with Gasteiger partial charge in [-0.15, -0.1) is 0 Å². The van der Waals surface area contributed by atoms with Crippen LogP contribution in [0.2, 0.25) is 0 Å². The number of nitrogens with two attached hydrogens (primary N) is 1. The monoisotopic (exact) mass is 351 g/mol. The molecule has 2 aromatic carbocycles. The first-order valence-electron chi connectivity index (χ1n) is 9.10. The molecule has 3 N–H and O–H groups in total. The second-order valence-corrected chi connectivity index (χ2v) is 6.73. The Balaban J connectivity index is 1.59. The fourth-order valence-electron chi connectivity index (χ4n) is 3.35. The molecule has 1 aliphatic rings. The van der Waals surface area contributed by atoms with E-state index in [4.69, 9.17) is 5.73 Å². The van der Waals surface area contributed by atoms with E-state index >= 15 is 0 Å². The van der Waals surface area contributed by atoms with Crippen molar-refractivity contribution >= 4 is 17.5 Å². The molecule has 1 aliphatic heterocycles. The van der Waals surface area contributed by atoms with Crippen molar-refractivity contribution in [3.05, 3.63) is 65.7 Å². The predicted octanol–water partition coefficient (Wildman–Crippen LogP) is 2.62. The summed E-state index contributed by atoms with van der Waals surface area (Å²) >= 11 is 0. The van der Waals surface area contributed by atoms with Crippen LogP contribution in [0.3, 0.4) is 0 Å². The standard InChI is InChI=1S/C21H25N3O2/c22-18-11-9-16(10-12-18)14-20(25)24-13-5-4-8-19(24)15-23-21(26)17-6-2-1-3-7-17/h1-3,6-7,9-12,19H,4-5,8,13-15,22H2,(H,23,26). The number of amides is 2. The average Bonchev–Trinajstić information content (AvgIpc) is 2.68. The molecule has 136 valence electrons. The summed E-state index contributed by atoms with van der Waals surface area (Å²) in [5.41, 5.74) is 8.00. The normalized spacial score (nSPS) is 16.9. The third-order valence-electron chi connectivity index (χ3n) is 4.82. The summed E-state index contributed by atoms with van der Waals surface area (Å²) in [4.78, 5) is 26.9. The van der Waals surface area contributed by atoms with E-state index < -0.39 is 0 Å². The van der Waals surface area contributed by atoms with Crippen LogP contribution < -0.4 is 11.1 Å². The van der Waals surface area contributed by atoms with Gasteiger partial charge in [-0.05, 0) is 49.1 Å². The minimum Gasteiger partial charge on any atom is -0.399 e. The molecule has 3 rings (SSSR count). The van der Waals surface area contributed by atoms with E-state index in [9.17, 15) is 9.59 Å². The van der Waals surface area contributed by atoms with Gasteiger partial charge in [0.25, 0.3) is 5.91 Å². The molecule has 1 saturated heterocycles. The summed E-state index contributed by atoms with van der Waals surface area (Å²) in [7, 11) is 0. The molecule has 0 saturated carbocycles. The molecule has 1 atom stereocenters. The number of carbonyl (C=O) groups is 2. The lowest BCUT2D eigenvalue weighted by Crippen LogP contribution is -2.49. The number of benzene rings is 2. The van der Waals surface area contributed by atoms with Crippen LogP contribution in [0.4, 0.5) is 5.69 Å².